The third kappa shape index (κ3) is 4.34. The van der Waals surface area contributed by atoms with Crippen molar-refractivity contribution in [1.29, 1.82) is 0 Å². The largest absolute Gasteiger partial charge is 0.481 e. The Morgan fingerprint density at radius 2 is 1.92 bits per heavy atom. The van der Waals surface area contributed by atoms with E-state index in [0.717, 1.165) is 59.4 Å². The third-order valence-electron chi connectivity index (χ3n) is 7.82. The van der Waals surface area contributed by atoms with Crippen LogP contribution in [-0.2, 0) is 22.4 Å². The average molecular weight is 492 g/mol. The normalized spacial score (nSPS) is 22.8. The van der Waals surface area contributed by atoms with Crippen LogP contribution < -0.4 is 4.90 Å². The maximum atomic E-state index is 12.6. The van der Waals surface area contributed by atoms with Gasteiger partial charge in [0.25, 0.3) is 0 Å². The van der Waals surface area contributed by atoms with Gasteiger partial charge < -0.3 is 19.5 Å². The molecule has 1 aliphatic heterocycles. The molecule has 5 rings (SSSR count). The SMILES string of the molecule is COC(=O)N1c2ccc3c(nc(CC(O)c4ccccc4)n3[C@@H]3CCC[C@@H](C(=O)O)C3)c2CC[C@@H]1C. The Hall–Kier alpha value is -3.39. The molecule has 1 amide bonds. The molecule has 0 bridgehead atoms. The van der Waals surface area contributed by atoms with E-state index in [9.17, 15) is 19.8 Å². The van der Waals surface area contributed by atoms with E-state index in [1.807, 2.05) is 49.4 Å². The van der Waals surface area contributed by atoms with Gasteiger partial charge in [-0.3, -0.25) is 9.69 Å². The summed E-state index contributed by atoms with van der Waals surface area (Å²) in [6, 6.07) is 13.5. The number of anilines is 1. The number of carbonyl (C=O) groups is 2. The number of imidazole rings is 1. The number of ether oxygens (including phenoxy) is 1. The van der Waals surface area contributed by atoms with Crippen LogP contribution in [0.1, 0.15) is 68.1 Å². The lowest BCUT2D eigenvalue weighted by atomic mass is 9.85. The Balaban J connectivity index is 1.63. The molecule has 2 N–H and O–H groups in total. The minimum atomic E-state index is -0.755. The van der Waals surface area contributed by atoms with E-state index in [-0.39, 0.29) is 18.0 Å². The molecule has 8 heteroatoms. The van der Waals surface area contributed by atoms with Crippen LogP contribution in [0.25, 0.3) is 11.0 Å². The first kappa shape index (κ1) is 24.3. The number of rotatable bonds is 5. The molecular formula is C28H33N3O5. The number of carboxylic acids is 1. The highest BCUT2D eigenvalue weighted by atomic mass is 16.5. The number of carbonyl (C=O) groups excluding carboxylic acids is 1. The molecule has 1 saturated carbocycles. The van der Waals surface area contributed by atoms with Gasteiger partial charge >= 0.3 is 12.1 Å². The summed E-state index contributed by atoms with van der Waals surface area (Å²) in [5.74, 6) is -0.398. The molecule has 36 heavy (non-hydrogen) atoms. The first-order valence-electron chi connectivity index (χ1n) is 12.7. The summed E-state index contributed by atoms with van der Waals surface area (Å²) in [7, 11) is 1.39. The highest BCUT2D eigenvalue weighted by molar-refractivity contribution is 5.95. The van der Waals surface area contributed by atoms with Crippen molar-refractivity contribution in [2.45, 2.75) is 70.1 Å². The quantitative estimate of drug-likeness (QED) is 0.518. The topological polar surface area (TPSA) is 105 Å². The number of benzene rings is 2. The minimum absolute atomic E-state index is 0.0125. The van der Waals surface area contributed by atoms with Crippen LogP contribution in [0.5, 0.6) is 0 Å². The van der Waals surface area contributed by atoms with Crippen molar-refractivity contribution in [2.75, 3.05) is 12.0 Å². The lowest BCUT2D eigenvalue weighted by molar-refractivity contribution is -0.143. The van der Waals surface area contributed by atoms with Crippen molar-refractivity contribution in [3.63, 3.8) is 0 Å². The second-order valence-electron chi connectivity index (χ2n) is 10.0. The van der Waals surface area contributed by atoms with Crippen molar-refractivity contribution < 1.29 is 24.5 Å². The molecule has 190 valence electrons. The molecular weight excluding hydrogens is 458 g/mol. The van der Waals surface area contributed by atoms with Gasteiger partial charge in [0.1, 0.15) is 5.82 Å². The highest BCUT2D eigenvalue weighted by Gasteiger charge is 2.34. The first-order chi connectivity index (χ1) is 17.4. The summed E-state index contributed by atoms with van der Waals surface area (Å²) in [6.07, 6.45) is 3.69. The average Bonchev–Trinajstić information content (AvgIpc) is 3.26. The van der Waals surface area contributed by atoms with Gasteiger partial charge in [-0.15, -0.1) is 0 Å². The molecule has 2 heterocycles. The number of hydrogen-bond acceptors (Lipinski definition) is 5. The van der Waals surface area contributed by atoms with Crippen LogP contribution in [0, 0.1) is 5.92 Å². The summed E-state index contributed by atoms with van der Waals surface area (Å²) in [4.78, 5) is 31.2. The zero-order valence-corrected chi connectivity index (χ0v) is 20.8. The van der Waals surface area contributed by atoms with Crippen LogP contribution in [0.15, 0.2) is 42.5 Å². The molecule has 0 saturated heterocycles. The fourth-order valence-electron chi connectivity index (χ4n) is 5.96. The van der Waals surface area contributed by atoms with E-state index >= 15 is 0 Å². The minimum Gasteiger partial charge on any atom is -0.481 e. The number of aromatic nitrogens is 2. The van der Waals surface area contributed by atoms with Gasteiger partial charge in [0.15, 0.2) is 0 Å². The Bertz CT molecular complexity index is 1270. The second-order valence-corrected chi connectivity index (χ2v) is 10.0. The maximum absolute atomic E-state index is 12.6. The number of carboxylic acid groups (broad SMARTS) is 1. The Morgan fingerprint density at radius 3 is 2.64 bits per heavy atom. The van der Waals surface area contributed by atoms with Gasteiger partial charge in [0, 0.05) is 24.1 Å². The molecule has 3 aromatic rings. The molecule has 2 aliphatic rings. The lowest BCUT2D eigenvalue weighted by Crippen LogP contribution is -2.42. The monoisotopic (exact) mass is 491 g/mol. The van der Waals surface area contributed by atoms with Gasteiger partial charge in [-0.25, -0.2) is 9.78 Å². The number of aliphatic carboxylic acids is 1. The van der Waals surface area contributed by atoms with E-state index in [1.54, 1.807) is 4.90 Å². The molecule has 0 radical (unpaired) electrons. The number of methoxy groups -OCH3 is 1. The zero-order chi connectivity index (χ0) is 25.4. The number of nitrogens with zero attached hydrogens (tertiary/aromatic N) is 3. The van der Waals surface area contributed by atoms with Crippen LogP contribution in [0.3, 0.4) is 0 Å². The predicted molar refractivity (Wildman–Crippen MR) is 136 cm³/mol. The zero-order valence-electron chi connectivity index (χ0n) is 20.8. The van der Waals surface area contributed by atoms with Crippen molar-refractivity contribution in [3.8, 4) is 0 Å². The summed E-state index contributed by atoms with van der Waals surface area (Å²) < 4.78 is 7.23. The molecule has 1 aromatic heterocycles. The smallest absolute Gasteiger partial charge is 0.414 e. The van der Waals surface area contributed by atoms with E-state index in [2.05, 4.69) is 4.57 Å². The standard InChI is InChI=1S/C28H33N3O5/c1-17-11-12-21-22(30(17)28(35)36-2)13-14-23-26(21)29-25(16-24(32)18-7-4-3-5-8-18)31(23)20-10-6-9-19(15-20)27(33)34/h3-5,7-8,13-14,17,19-20,24,32H,6,9-12,15-16H2,1-2H3,(H,33,34)/t17-,19+,20+,24?/m0/s1. The van der Waals surface area contributed by atoms with Crippen LogP contribution >= 0.6 is 0 Å². The molecule has 1 fully saturated rings. The van der Waals surface area contributed by atoms with Gasteiger partial charge in [-0.05, 0) is 56.7 Å². The van der Waals surface area contributed by atoms with Gasteiger partial charge in [-0.1, -0.05) is 36.8 Å². The number of fused-ring (bicyclic) bond motifs is 3. The number of aliphatic hydroxyl groups is 1. The third-order valence-corrected chi connectivity index (χ3v) is 7.82. The summed E-state index contributed by atoms with van der Waals surface area (Å²) in [5.41, 5.74) is 4.37. The van der Waals surface area contributed by atoms with Gasteiger partial charge in [0.05, 0.1) is 35.9 Å². The number of aryl methyl sites for hydroxylation is 1. The molecule has 1 aliphatic carbocycles. The van der Waals surface area contributed by atoms with Crippen molar-refractivity contribution in [2.24, 2.45) is 5.92 Å². The molecule has 2 aromatic carbocycles. The predicted octanol–water partition coefficient (Wildman–Crippen LogP) is 5.04. The van der Waals surface area contributed by atoms with E-state index < -0.39 is 18.2 Å². The lowest BCUT2D eigenvalue weighted by Gasteiger charge is -2.34. The summed E-state index contributed by atoms with van der Waals surface area (Å²) in [6.45, 7) is 2.01. The van der Waals surface area contributed by atoms with Crippen LogP contribution in [0.2, 0.25) is 0 Å². The van der Waals surface area contributed by atoms with Gasteiger partial charge in [0.2, 0.25) is 0 Å². The number of amides is 1. The second kappa shape index (κ2) is 9.93. The van der Waals surface area contributed by atoms with Crippen molar-refractivity contribution in [3.05, 3.63) is 59.4 Å². The Morgan fingerprint density at radius 1 is 1.14 bits per heavy atom. The van der Waals surface area contributed by atoms with Crippen LogP contribution in [-0.4, -0.2) is 45.0 Å². The fraction of sp³-hybridized carbons (Fsp3) is 0.464. The van der Waals surface area contributed by atoms with Crippen molar-refractivity contribution in [1.82, 2.24) is 9.55 Å². The van der Waals surface area contributed by atoms with Gasteiger partial charge in [-0.2, -0.15) is 0 Å². The molecule has 0 spiro atoms. The van der Waals surface area contributed by atoms with Crippen molar-refractivity contribution >= 4 is 28.8 Å². The summed E-state index contributed by atoms with van der Waals surface area (Å²) >= 11 is 0. The van der Waals surface area contributed by atoms with E-state index in [0.29, 0.717) is 19.3 Å². The molecule has 8 nitrogen and oxygen atoms in total. The fourth-order valence-corrected chi connectivity index (χ4v) is 5.96. The van der Waals surface area contributed by atoms with E-state index in [1.165, 1.54) is 7.11 Å². The molecule has 4 atom stereocenters. The molecule has 1 unspecified atom stereocenters. The summed E-state index contributed by atoms with van der Waals surface area (Å²) in [5, 5.41) is 20.8. The maximum Gasteiger partial charge on any atom is 0.414 e. The number of hydrogen-bond donors (Lipinski definition) is 2. The van der Waals surface area contributed by atoms with Crippen LogP contribution in [0.4, 0.5) is 10.5 Å². The Kier molecular flexibility index (Phi) is 6.71. The first-order valence-corrected chi connectivity index (χ1v) is 12.7. The number of aliphatic hydroxyl groups excluding tert-OH is 1. The Labute approximate surface area is 210 Å². The highest BCUT2D eigenvalue weighted by Crippen LogP contribution is 2.41. The van der Waals surface area contributed by atoms with E-state index in [4.69, 9.17) is 9.72 Å².